The standard InChI is InChI=1S/C9H9BrN2O2/c1-3-12-7(9(13)14-2)4-6(5-11)8(12)10/h4H,3H2,1-2H3. The highest BCUT2D eigenvalue weighted by atomic mass is 79.9. The molecule has 0 unspecified atom stereocenters. The number of carbonyl (C=O) groups is 1. The van der Waals surface area contributed by atoms with Gasteiger partial charge >= 0.3 is 5.97 Å². The minimum atomic E-state index is -0.436. The number of hydrogen-bond donors (Lipinski definition) is 0. The topological polar surface area (TPSA) is 55.0 Å². The lowest BCUT2D eigenvalue weighted by atomic mass is 10.3. The molecule has 0 aliphatic heterocycles. The largest absolute Gasteiger partial charge is 0.464 e. The average molecular weight is 257 g/mol. The molecule has 0 fully saturated rings. The van der Waals surface area contributed by atoms with Crippen LogP contribution in [0.25, 0.3) is 0 Å². The van der Waals surface area contributed by atoms with Gasteiger partial charge in [0.2, 0.25) is 0 Å². The van der Waals surface area contributed by atoms with Gasteiger partial charge in [0.15, 0.2) is 0 Å². The van der Waals surface area contributed by atoms with Crippen molar-refractivity contribution in [1.82, 2.24) is 4.57 Å². The van der Waals surface area contributed by atoms with E-state index in [1.807, 2.05) is 13.0 Å². The van der Waals surface area contributed by atoms with E-state index < -0.39 is 5.97 Å². The highest BCUT2D eigenvalue weighted by molar-refractivity contribution is 9.10. The molecule has 0 aromatic carbocycles. The molecule has 1 heterocycles. The summed E-state index contributed by atoms with van der Waals surface area (Å²) < 4.78 is 6.90. The van der Waals surface area contributed by atoms with Gasteiger partial charge in [-0.1, -0.05) is 0 Å². The number of ether oxygens (including phenoxy) is 1. The van der Waals surface area contributed by atoms with Crippen molar-refractivity contribution in [3.63, 3.8) is 0 Å². The molecule has 0 aliphatic rings. The molecular formula is C9H9BrN2O2. The van der Waals surface area contributed by atoms with Crippen LogP contribution in [0.2, 0.25) is 0 Å². The lowest BCUT2D eigenvalue weighted by Crippen LogP contribution is -2.09. The molecule has 0 aliphatic carbocycles. The Morgan fingerprint density at radius 2 is 2.43 bits per heavy atom. The molecule has 14 heavy (non-hydrogen) atoms. The van der Waals surface area contributed by atoms with E-state index in [9.17, 15) is 4.79 Å². The first-order valence-corrected chi connectivity index (χ1v) is 4.82. The maximum Gasteiger partial charge on any atom is 0.354 e. The number of hydrogen-bond acceptors (Lipinski definition) is 3. The summed E-state index contributed by atoms with van der Waals surface area (Å²) >= 11 is 3.25. The molecule has 4 nitrogen and oxygen atoms in total. The molecule has 0 N–H and O–H groups in total. The van der Waals surface area contributed by atoms with Gasteiger partial charge in [0.25, 0.3) is 0 Å². The van der Waals surface area contributed by atoms with Crippen LogP contribution >= 0.6 is 15.9 Å². The van der Waals surface area contributed by atoms with E-state index in [0.717, 1.165) is 0 Å². The summed E-state index contributed by atoms with van der Waals surface area (Å²) in [5.41, 5.74) is 0.825. The van der Waals surface area contributed by atoms with Gasteiger partial charge in [-0.3, -0.25) is 0 Å². The Kier molecular flexibility index (Phi) is 3.31. The number of rotatable bonds is 2. The zero-order valence-corrected chi connectivity index (χ0v) is 9.46. The quantitative estimate of drug-likeness (QED) is 0.760. The Morgan fingerprint density at radius 1 is 1.79 bits per heavy atom. The van der Waals surface area contributed by atoms with E-state index >= 15 is 0 Å². The molecule has 0 spiro atoms. The summed E-state index contributed by atoms with van der Waals surface area (Å²) in [5.74, 6) is -0.436. The molecule has 1 aromatic rings. The van der Waals surface area contributed by atoms with Crippen molar-refractivity contribution in [2.24, 2.45) is 0 Å². The van der Waals surface area contributed by atoms with Gasteiger partial charge in [-0.05, 0) is 28.9 Å². The first-order chi connectivity index (χ1) is 6.65. The van der Waals surface area contributed by atoms with Crippen LogP contribution in [0.3, 0.4) is 0 Å². The van der Waals surface area contributed by atoms with E-state index in [4.69, 9.17) is 5.26 Å². The second-order valence-corrected chi connectivity index (χ2v) is 3.33. The molecule has 0 saturated heterocycles. The Hall–Kier alpha value is -1.28. The fourth-order valence-corrected chi connectivity index (χ4v) is 1.83. The maximum atomic E-state index is 11.3. The van der Waals surface area contributed by atoms with Crippen molar-refractivity contribution in [3.05, 3.63) is 21.9 Å². The second-order valence-electron chi connectivity index (χ2n) is 2.58. The molecule has 0 saturated carbocycles. The third-order valence-corrected chi connectivity index (χ3v) is 2.72. The molecule has 0 atom stereocenters. The molecule has 0 amide bonds. The fourth-order valence-electron chi connectivity index (χ4n) is 1.19. The monoisotopic (exact) mass is 256 g/mol. The lowest BCUT2D eigenvalue weighted by Gasteiger charge is -2.04. The molecule has 0 bridgehead atoms. The van der Waals surface area contributed by atoms with E-state index in [1.165, 1.54) is 13.2 Å². The number of methoxy groups -OCH3 is 1. The summed E-state index contributed by atoms with van der Waals surface area (Å²) in [4.78, 5) is 11.3. The van der Waals surface area contributed by atoms with Gasteiger partial charge in [0.05, 0.1) is 12.7 Å². The van der Waals surface area contributed by atoms with Crippen molar-refractivity contribution in [1.29, 1.82) is 5.26 Å². The van der Waals surface area contributed by atoms with Gasteiger partial charge in [-0.25, -0.2) is 4.79 Å². The summed E-state index contributed by atoms with van der Waals surface area (Å²) in [6.07, 6.45) is 0. The zero-order valence-electron chi connectivity index (χ0n) is 7.87. The van der Waals surface area contributed by atoms with E-state index in [1.54, 1.807) is 4.57 Å². The molecule has 5 heteroatoms. The number of esters is 1. The molecule has 1 rings (SSSR count). The van der Waals surface area contributed by atoms with Crippen molar-refractivity contribution < 1.29 is 9.53 Å². The van der Waals surface area contributed by atoms with Crippen LogP contribution < -0.4 is 0 Å². The Labute approximate surface area is 90.2 Å². The molecular weight excluding hydrogens is 248 g/mol. The minimum Gasteiger partial charge on any atom is -0.464 e. The second kappa shape index (κ2) is 4.29. The first-order valence-electron chi connectivity index (χ1n) is 4.03. The summed E-state index contributed by atoms with van der Waals surface area (Å²) in [6.45, 7) is 2.49. The van der Waals surface area contributed by atoms with E-state index in [0.29, 0.717) is 22.4 Å². The number of halogens is 1. The van der Waals surface area contributed by atoms with Gasteiger partial charge in [-0.2, -0.15) is 5.26 Å². The maximum absolute atomic E-state index is 11.3. The van der Waals surface area contributed by atoms with Crippen molar-refractivity contribution in [2.45, 2.75) is 13.5 Å². The molecule has 74 valence electrons. The molecule has 1 aromatic heterocycles. The third-order valence-electron chi connectivity index (χ3n) is 1.86. The average Bonchev–Trinajstić information content (AvgIpc) is 2.53. The van der Waals surface area contributed by atoms with Crippen LogP contribution in [0.5, 0.6) is 0 Å². The van der Waals surface area contributed by atoms with Crippen LogP contribution in [0.15, 0.2) is 10.7 Å². The fraction of sp³-hybridized carbons (Fsp3) is 0.333. The van der Waals surface area contributed by atoms with Gasteiger partial charge in [-0.15, -0.1) is 0 Å². The predicted molar refractivity (Wildman–Crippen MR) is 53.9 cm³/mol. The Morgan fingerprint density at radius 3 is 2.86 bits per heavy atom. The van der Waals surface area contributed by atoms with Crippen LogP contribution in [-0.4, -0.2) is 17.6 Å². The van der Waals surface area contributed by atoms with Crippen LogP contribution in [0.4, 0.5) is 0 Å². The number of nitriles is 1. The Bertz CT molecular complexity index is 404. The smallest absolute Gasteiger partial charge is 0.354 e. The summed E-state index contributed by atoms with van der Waals surface area (Å²) in [5, 5.41) is 8.76. The van der Waals surface area contributed by atoms with E-state index in [-0.39, 0.29) is 0 Å². The zero-order chi connectivity index (χ0) is 10.7. The Balaban J connectivity index is 3.31. The number of carbonyl (C=O) groups excluding carboxylic acids is 1. The SMILES string of the molecule is CCn1c(C(=O)OC)cc(C#N)c1Br. The predicted octanol–water partition coefficient (Wildman–Crippen LogP) is 1.93. The number of aromatic nitrogens is 1. The summed E-state index contributed by atoms with van der Waals surface area (Å²) in [7, 11) is 1.31. The normalized spacial score (nSPS) is 9.57. The van der Waals surface area contributed by atoms with Crippen LogP contribution in [0.1, 0.15) is 23.0 Å². The lowest BCUT2D eigenvalue weighted by molar-refractivity contribution is 0.0588. The van der Waals surface area contributed by atoms with Crippen molar-refractivity contribution >= 4 is 21.9 Å². The van der Waals surface area contributed by atoms with Gasteiger partial charge in [0, 0.05) is 6.54 Å². The number of nitrogens with zero attached hydrogens (tertiary/aromatic N) is 2. The van der Waals surface area contributed by atoms with Crippen molar-refractivity contribution in [3.8, 4) is 6.07 Å². The van der Waals surface area contributed by atoms with Crippen molar-refractivity contribution in [2.75, 3.05) is 7.11 Å². The van der Waals surface area contributed by atoms with Crippen LogP contribution in [-0.2, 0) is 11.3 Å². The highest BCUT2D eigenvalue weighted by Gasteiger charge is 2.17. The molecule has 0 radical (unpaired) electrons. The summed E-state index contributed by atoms with van der Waals surface area (Å²) in [6, 6.07) is 3.51. The highest BCUT2D eigenvalue weighted by Crippen LogP contribution is 2.21. The van der Waals surface area contributed by atoms with Gasteiger partial charge < -0.3 is 9.30 Å². The van der Waals surface area contributed by atoms with Crippen LogP contribution in [0, 0.1) is 11.3 Å². The van der Waals surface area contributed by atoms with E-state index in [2.05, 4.69) is 20.7 Å². The van der Waals surface area contributed by atoms with Gasteiger partial charge in [0.1, 0.15) is 16.4 Å². The third kappa shape index (κ3) is 1.66. The minimum absolute atomic E-state index is 0.387. The first kappa shape index (κ1) is 10.8.